The van der Waals surface area contributed by atoms with Gasteiger partial charge in [-0.3, -0.25) is 13.8 Å². The van der Waals surface area contributed by atoms with Gasteiger partial charge in [-0.05, 0) is 56.3 Å². The molecule has 0 bridgehead atoms. The Hall–Kier alpha value is -1.24. The quantitative estimate of drug-likeness (QED) is 0.104. The molecule has 1 rings (SSSR count). The Morgan fingerprint density at radius 1 is 0.973 bits per heavy atom. The van der Waals surface area contributed by atoms with Crippen LogP contribution in [0.5, 0.6) is 5.75 Å². The first-order chi connectivity index (χ1) is 17.8. The molecule has 1 aromatic rings. The summed E-state index contributed by atoms with van der Waals surface area (Å²) in [5.74, 6) is 0.703. The molecule has 0 amide bonds. The molecule has 1 aromatic carbocycles. The number of hydrogen-bond acceptors (Lipinski definition) is 6. The van der Waals surface area contributed by atoms with Gasteiger partial charge < -0.3 is 15.4 Å². The van der Waals surface area contributed by atoms with Crippen LogP contribution in [0.25, 0.3) is 0 Å². The van der Waals surface area contributed by atoms with Gasteiger partial charge in [0, 0.05) is 12.8 Å². The molecule has 3 unspecified atom stereocenters. The van der Waals surface area contributed by atoms with Crippen molar-refractivity contribution in [1.29, 1.82) is 0 Å². The van der Waals surface area contributed by atoms with Gasteiger partial charge >= 0.3 is 7.82 Å². The molecule has 7 nitrogen and oxygen atoms in total. The Labute approximate surface area is 225 Å². The summed E-state index contributed by atoms with van der Waals surface area (Å²) in [7, 11) is -4.21. The number of nitrogens with two attached hydrogens (primary N) is 1. The van der Waals surface area contributed by atoms with Gasteiger partial charge in [0.05, 0.1) is 19.3 Å². The van der Waals surface area contributed by atoms with Crippen LogP contribution in [0, 0.1) is 5.92 Å². The highest BCUT2D eigenvalue weighted by Gasteiger charge is 2.26. The lowest BCUT2D eigenvalue weighted by Gasteiger charge is -2.21. The third-order valence-corrected chi connectivity index (χ3v) is 7.59. The smallest absolute Gasteiger partial charge is 0.472 e. The molecule has 37 heavy (non-hydrogen) atoms. The molecule has 0 aliphatic heterocycles. The predicted molar refractivity (Wildman–Crippen MR) is 151 cm³/mol. The number of carbonyl (C=O) groups excluding carboxylic acids is 1. The Kier molecular flexibility index (Phi) is 18.9. The van der Waals surface area contributed by atoms with Crippen molar-refractivity contribution in [2.75, 3.05) is 19.8 Å². The molecule has 0 aliphatic carbocycles. The van der Waals surface area contributed by atoms with E-state index < -0.39 is 13.9 Å². The Balaban J connectivity index is 2.40. The van der Waals surface area contributed by atoms with Crippen molar-refractivity contribution in [2.45, 2.75) is 117 Å². The summed E-state index contributed by atoms with van der Waals surface area (Å²) >= 11 is 0. The topological polar surface area (TPSA) is 108 Å². The summed E-state index contributed by atoms with van der Waals surface area (Å²) in [6.45, 7) is 6.78. The number of benzene rings is 1. The second kappa shape index (κ2) is 20.7. The van der Waals surface area contributed by atoms with E-state index in [0.717, 1.165) is 17.7 Å². The number of Topliss-reactive ketones (excluding diaryl/α,β-unsaturated/α-hetero) is 1. The van der Waals surface area contributed by atoms with Crippen LogP contribution in [0.15, 0.2) is 24.3 Å². The highest BCUT2D eigenvalue weighted by atomic mass is 31.2. The van der Waals surface area contributed by atoms with E-state index >= 15 is 0 Å². The summed E-state index contributed by atoms with van der Waals surface area (Å²) < 4.78 is 28.5. The first kappa shape index (κ1) is 33.8. The summed E-state index contributed by atoms with van der Waals surface area (Å²) in [6, 6.07) is 7.85. The number of unbranched alkanes of at least 4 members (excludes halogenated alkanes) is 9. The van der Waals surface area contributed by atoms with Gasteiger partial charge in [0.15, 0.2) is 0 Å². The molecule has 0 saturated heterocycles. The molecule has 0 heterocycles. The van der Waals surface area contributed by atoms with Gasteiger partial charge in [-0.15, -0.1) is 0 Å². The van der Waals surface area contributed by atoms with E-state index in [9.17, 15) is 14.3 Å². The molecule has 3 atom stereocenters. The molecule has 0 spiro atoms. The highest BCUT2D eigenvalue weighted by molar-refractivity contribution is 7.47. The number of ketones is 1. The number of ether oxygens (including phenoxy) is 1. The van der Waals surface area contributed by atoms with Crippen molar-refractivity contribution in [2.24, 2.45) is 11.7 Å². The lowest BCUT2D eigenvalue weighted by atomic mass is 9.94. The van der Waals surface area contributed by atoms with E-state index in [1.54, 1.807) is 6.92 Å². The zero-order valence-electron chi connectivity index (χ0n) is 23.5. The molecule has 0 fully saturated rings. The normalized spacial score (nSPS) is 14.7. The molecular weight excluding hydrogens is 489 g/mol. The standard InChI is InChI=1S/C29H52NO6P/c1-4-6-7-8-9-10-11-12-13-14-21-34-29-17-15-26(16-18-29)22-27(23-28(31)5-2)24-35-37(32,33)36-25(3)19-20-30/h15-18,25,27H,4-14,19-24,30H2,1-3H3,(H,32,33). The van der Waals surface area contributed by atoms with Gasteiger partial charge in [-0.2, -0.15) is 0 Å². The highest BCUT2D eigenvalue weighted by Crippen LogP contribution is 2.45. The fourth-order valence-electron chi connectivity index (χ4n) is 4.24. The maximum absolute atomic E-state index is 12.3. The minimum atomic E-state index is -4.21. The van der Waals surface area contributed by atoms with Gasteiger partial charge in [0.25, 0.3) is 0 Å². The zero-order chi connectivity index (χ0) is 27.4. The van der Waals surface area contributed by atoms with Gasteiger partial charge in [-0.25, -0.2) is 4.57 Å². The minimum absolute atomic E-state index is 0.0359. The molecule has 0 aliphatic rings. The lowest BCUT2D eigenvalue weighted by molar-refractivity contribution is -0.120. The monoisotopic (exact) mass is 541 g/mol. The number of phosphoric acid groups is 1. The summed E-state index contributed by atoms with van der Waals surface area (Å²) in [5, 5.41) is 0. The fourth-order valence-corrected chi connectivity index (χ4v) is 5.26. The summed E-state index contributed by atoms with van der Waals surface area (Å²) in [4.78, 5) is 22.1. The van der Waals surface area contributed by atoms with E-state index in [1.165, 1.54) is 57.8 Å². The second-order valence-corrected chi connectivity index (χ2v) is 11.5. The molecule has 3 N–H and O–H groups in total. The maximum atomic E-state index is 12.3. The lowest BCUT2D eigenvalue weighted by Crippen LogP contribution is -2.18. The summed E-state index contributed by atoms with van der Waals surface area (Å²) in [5.41, 5.74) is 6.49. The molecule has 214 valence electrons. The number of phosphoric ester groups is 1. The maximum Gasteiger partial charge on any atom is 0.472 e. The van der Waals surface area contributed by atoms with Crippen molar-refractivity contribution < 1.29 is 28.0 Å². The van der Waals surface area contributed by atoms with Crippen LogP contribution in [0.3, 0.4) is 0 Å². The SMILES string of the molecule is CCCCCCCCCCCCOc1ccc(CC(COP(=O)(O)OC(C)CCN)CC(=O)CC)cc1. The molecule has 0 aromatic heterocycles. The zero-order valence-corrected chi connectivity index (χ0v) is 24.4. The minimum Gasteiger partial charge on any atom is -0.494 e. The predicted octanol–water partition coefficient (Wildman–Crippen LogP) is 7.39. The fraction of sp³-hybridized carbons (Fsp3) is 0.759. The van der Waals surface area contributed by atoms with Crippen LogP contribution < -0.4 is 10.5 Å². The number of rotatable bonds is 24. The first-order valence-corrected chi connectivity index (χ1v) is 15.9. The van der Waals surface area contributed by atoms with Crippen molar-refractivity contribution in [1.82, 2.24) is 0 Å². The third kappa shape index (κ3) is 17.8. The van der Waals surface area contributed by atoms with Crippen LogP contribution in [0.4, 0.5) is 0 Å². The van der Waals surface area contributed by atoms with Crippen molar-refractivity contribution in [3.8, 4) is 5.75 Å². The Morgan fingerprint density at radius 3 is 2.14 bits per heavy atom. The number of hydrogen-bond donors (Lipinski definition) is 2. The van der Waals surface area contributed by atoms with Crippen LogP contribution in [-0.4, -0.2) is 36.5 Å². The van der Waals surface area contributed by atoms with E-state index in [-0.39, 0.29) is 24.7 Å². The Morgan fingerprint density at radius 2 is 1.57 bits per heavy atom. The average Bonchev–Trinajstić information content (AvgIpc) is 2.86. The second-order valence-electron chi connectivity index (χ2n) is 10.1. The molecule has 0 radical (unpaired) electrons. The first-order valence-electron chi connectivity index (χ1n) is 14.4. The van der Waals surface area contributed by atoms with Crippen LogP contribution in [-0.2, 0) is 24.8 Å². The molecule has 0 saturated carbocycles. The van der Waals surface area contributed by atoms with Crippen molar-refractivity contribution in [3.63, 3.8) is 0 Å². The molecule has 8 heteroatoms. The van der Waals surface area contributed by atoms with Gasteiger partial charge in [-0.1, -0.05) is 83.8 Å². The van der Waals surface area contributed by atoms with Crippen LogP contribution in [0.1, 0.15) is 110 Å². The van der Waals surface area contributed by atoms with Gasteiger partial charge in [0.1, 0.15) is 11.5 Å². The van der Waals surface area contributed by atoms with E-state index in [0.29, 0.717) is 32.4 Å². The van der Waals surface area contributed by atoms with Crippen molar-refractivity contribution in [3.05, 3.63) is 29.8 Å². The average molecular weight is 542 g/mol. The largest absolute Gasteiger partial charge is 0.494 e. The Bertz CT molecular complexity index is 757. The number of carbonyl (C=O) groups is 1. The van der Waals surface area contributed by atoms with Crippen molar-refractivity contribution >= 4 is 13.6 Å². The van der Waals surface area contributed by atoms with Crippen LogP contribution in [0.2, 0.25) is 0 Å². The van der Waals surface area contributed by atoms with Crippen LogP contribution >= 0.6 is 7.82 Å². The molecular formula is C29H52NO6P. The van der Waals surface area contributed by atoms with E-state index in [4.69, 9.17) is 19.5 Å². The van der Waals surface area contributed by atoms with E-state index in [2.05, 4.69) is 6.92 Å². The summed E-state index contributed by atoms with van der Waals surface area (Å²) in [6.07, 6.45) is 14.2. The third-order valence-electron chi connectivity index (χ3n) is 6.48. The van der Waals surface area contributed by atoms with Gasteiger partial charge in [0.2, 0.25) is 0 Å². The van der Waals surface area contributed by atoms with E-state index in [1.807, 2.05) is 31.2 Å².